The number of carbonyl (C=O) groups is 1. The zero-order chi connectivity index (χ0) is 13.8. The van der Waals surface area contributed by atoms with Gasteiger partial charge in [-0.3, -0.25) is 9.69 Å². The van der Waals surface area contributed by atoms with Crippen LogP contribution in [0.5, 0.6) is 0 Å². The molecule has 102 valence electrons. The molecule has 1 aliphatic rings. The number of hydrogen-bond donors (Lipinski definition) is 2. The molecule has 2 atom stereocenters. The molecule has 18 heavy (non-hydrogen) atoms. The molecule has 1 aliphatic heterocycles. The lowest BCUT2D eigenvalue weighted by molar-refractivity contribution is -0.123. The number of nitrogens with zero attached hydrogens (tertiary/aromatic N) is 2. The molecule has 1 saturated heterocycles. The summed E-state index contributed by atoms with van der Waals surface area (Å²) < 4.78 is 0. The first kappa shape index (κ1) is 14.9. The zero-order valence-electron chi connectivity index (χ0n) is 11.4. The van der Waals surface area contributed by atoms with Crippen LogP contribution in [0.2, 0.25) is 0 Å². The number of carbonyl (C=O) groups excluding carboxylic acids is 1. The van der Waals surface area contributed by atoms with Crippen LogP contribution < -0.4 is 5.32 Å². The standard InChI is InChI=1S/C13H23N3O2/c1-10(2)13(3,9-14)15-12(18)7-16-5-4-11(6-16)8-17/h10-11,17H,4-8H2,1-3H3,(H,15,18). The second-order valence-electron chi connectivity index (χ2n) is 5.59. The van der Waals surface area contributed by atoms with Crippen LogP contribution in [-0.2, 0) is 4.79 Å². The van der Waals surface area contributed by atoms with Gasteiger partial charge in [-0.05, 0) is 31.7 Å². The maximum atomic E-state index is 11.9. The molecule has 0 aromatic rings. The Morgan fingerprint density at radius 1 is 1.67 bits per heavy atom. The van der Waals surface area contributed by atoms with Crippen molar-refractivity contribution in [3.8, 4) is 6.07 Å². The van der Waals surface area contributed by atoms with Gasteiger partial charge in [-0.25, -0.2) is 0 Å². The fourth-order valence-electron chi connectivity index (χ4n) is 2.04. The van der Waals surface area contributed by atoms with Crippen molar-refractivity contribution in [2.75, 3.05) is 26.2 Å². The summed E-state index contributed by atoms with van der Waals surface area (Å²) in [5.41, 5.74) is -0.812. The molecule has 2 unspecified atom stereocenters. The molecule has 5 heteroatoms. The first-order chi connectivity index (χ1) is 8.41. The van der Waals surface area contributed by atoms with Crippen molar-refractivity contribution < 1.29 is 9.90 Å². The summed E-state index contributed by atoms with van der Waals surface area (Å²) in [4.78, 5) is 13.9. The summed E-state index contributed by atoms with van der Waals surface area (Å²) in [6.07, 6.45) is 0.934. The van der Waals surface area contributed by atoms with E-state index in [0.29, 0.717) is 6.54 Å². The molecule has 0 saturated carbocycles. The molecular weight excluding hydrogens is 230 g/mol. The van der Waals surface area contributed by atoms with Crippen molar-refractivity contribution in [3.05, 3.63) is 0 Å². The van der Waals surface area contributed by atoms with Gasteiger partial charge in [0.25, 0.3) is 0 Å². The van der Waals surface area contributed by atoms with E-state index in [1.807, 2.05) is 18.7 Å². The first-order valence-corrected chi connectivity index (χ1v) is 6.46. The topological polar surface area (TPSA) is 76.4 Å². The predicted octanol–water partition coefficient (Wildman–Crippen LogP) is 0.355. The van der Waals surface area contributed by atoms with Crippen LogP contribution in [0.15, 0.2) is 0 Å². The van der Waals surface area contributed by atoms with E-state index in [9.17, 15) is 4.79 Å². The van der Waals surface area contributed by atoms with E-state index in [-0.39, 0.29) is 24.3 Å². The van der Waals surface area contributed by atoms with E-state index in [2.05, 4.69) is 11.4 Å². The van der Waals surface area contributed by atoms with Gasteiger partial charge < -0.3 is 10.4 Å². The van der Waals surface area contributed by atoms with Gasteiger partial charge in [0, 0.05) is 13.2 Å². The molecule has 0 aromatic carbocycles. The van der Waals surface area contributed by atoms with Crippen LogP contribution in [0.1, 0.15) is 27.2 Å². The average Bonchev–Trinajstić information content (AvgIpc) is 2.76. The number of nitrogens with one attached hydrogen (secondary N) is 1. The number of nitriles is 1. The fraction of sp³-hybridized carbons (Fsp3) is 0.846. The lowest BCUT2D eigenvalue weighted by Crippen LogP contribution is -2.51. The lowest BCUT2D eigenvalue weighted by Gasteiger charge is -2.28. The van der Waals surface area contributed by atoms with E-state index < -0.39 is 5.54 Å². The molecule has 0 radical (unpaired) electrons. The quantitative estimate of drug-likeness (QED) is 0.741. The summed E-state index contributed by atoms with van der Waals surface area (Å²) in [6, 6.07) is 2.16. The zero-order valence-corrected chi connectivity index (χ0v) is 11.4. The molecule has 2 N–H and O–H groups in total. The fourth-order valence-corrected chi connectivity index (χ4v) is 2.04. The monoisotopic (exact) mass is 253 g/mol. The molecule has 1 heterocycles. The number of amides is 1. The van der Waals surface area contributed by atoms with Crippen LogP contribution in [0.4, 0.5) is 0 Å². The molecule has 0 aromatic heterocycles. The highest BCUT2D eigenvalue weighted by molar-refractivity contribution is 5.79. The smallest absolute Gasteiger partial charge is 0.235 e. The highest BCUT2D eigenvalue weighted by Crippen LogP contribution is 2.17. The number of aliphatic hydroxyl groups excluding tert-OH is 1. The third-order valence-corrected chi connectivity index (χ3v) is 3.78. The number of likely N-dealkylation sites (tertiary alicyclic amines) is 1. The minimum Gasteiger partial charge on any atom is -0.396 e. The second-order valence-corrected chi connectivity index (χ2v) is 5.59. The number of rotatable bonds is 5. The van der Waals surface area contributed by atoms with Crippen LogP contribution in [0.25, 0.3) is 0 Å². The van der Waals surface area contributed by atoms with Crippen LogP contribution >= 0.6 is 0 Å². The van der Waals surface area contributed by atoms with E-state index in [0.717, 1.165) is 19.5 Å². The summed E-state index contributed by atoms with van der Waals surface area (Å²) in [6.45, 7) is 7.66. The van der Waals surface area contributed by atoms with Crippen molar-refractivity contribution in [2.24, 2.45) is 11.8 Å². The van der Waals surface area contributed by atoms with Crippen molar-refractivity contribution >= 4 is 5.91 Å². The van der Waals surface area contributed by atoms with Gasteiger partial charge in [0.15, 0.2) is 0 Å². The van der Waals surface area contributed by atoms with Crippen molar-refractivity contribution in [2.45, 2.75) is 32.7 Å². The maximum absolute atomic E-state index is 11.9. The Balaban J connectivity index is 2.45. The van der Waals surface area contributed by atoms with Crippen LogP contribution in [-0.4, -0.2) is 47.7 Å². The third kappa shape index (κ3) is 3.69. The van der Waals surface area contributed by atoms with E-state index >= 15 is 0 Å². The van der Waals surface area contributed by atoms with Gasteiger partial charge in [0.1, 0.15) is 5.54 Å². The largest absolute Gasteiger partial charge is 0.396 e. The van der Waals surface area contributed by atoms with Crippen molar-refractivity contribution in [3.63, 3.8) is 0 Å². The van der Waals surface area contributed by atoms with Gasteiger partial charge in [0.05, 0.1) is 12.6 Å². The molecule has 0 bridgehead atoms. The van der Waals surface area contributed by atoms with Gasteiger partial charge >= 0.3 is 0 Å². The summed E-state index contributed by atoms with van der Waals surface area (Å²) in [7, 11) is 0. The molecule has 0 spiro atoms. The molecule has 1 amide bonds. The van der Waals surface area contributed by atoms with Gasteiger partial charge in [0.2, 0.25) is 5.91 Å². The summed E-state index contributed by atoms with van der Waals surface area (Å²) in [5.74, 6) is 0.229. The highest BCUT2D eigenvalue weighted by Gasteiger charge is 2.31. The third-order valence-electron chi connectivity index (χ3n) is 3.78. The SMILES string of the molecule is CC(C)C(C)(C#N)NC(=O)CN1CCC(CO)C1. The highest BCUT2D eigenvalue weighted by atomic mass is 16.3. The van der Waals surface area contributed by atoms with Gasteiger partial charge in [-0.15, -0.1) is 0 Å². The summed E-state index contributed by atoms with van der Waals surface area (Å²) >= 11 is 0. The molecule has 0 aliphatic carbocycles. The Labute approximate surface area is 109 Å². The Kier molecular flexibility index (Phi) is 5.12. The van der Waals surface area contributed by atoms with Gasteiger partial charge in [-0.1, -0.05) is 13.8 Å². The van der Waals surface area contributed by atoms with E-state index in [1.165, 1.54) is 0 Å². The second kappa shape index (κ2) is 6.17. The van der Waals surface area contributed by atoms with E-state index in [4.69, 9.17) is 10.4 Å². The van der Waals surface area contributed by atoms with Gasteiger partial charge in [-0.2, -0.15) is 5.26 Å². The van der Waals surface area contributed by atoms with Crippen LogP contribution in [0, 0.1) is 23.2 Å². The van der Waals surface area contributed by atoms with E-state index in [1.54, 1.807) is 6.92 Å². The maximum Gasteiger partial charge on any atom is 0.235 e. The predicted molar refractivity (Wildman–Crippen MR) is 68.6 cm³/mol. The van der Waals surface area contributed by atoms with Crippen LogP contribution in [0.3, 0.4) is 0 Å². The van der Waals surface area contributed by atoms with Crippen molar-refractivity contribution in [1.82, 2.24) is 10.2 Å². The average molecular weight is 253 g/mol. The minimum atomic E-state index is -0.812. The number of aliphatic hydroxyl groups is 1. The normalized spacial score (nSPS) is 23.7. The minimum absolute atomic E-state index is 0.0650. The number of hydrogen-bond acceptors (Lipinski definition) is 4. The molecular formula is C13H23N3O2. The Morgan fingerprint density at radius 2 is 2.33 bits per heavy atom. The summed E-state index contributed by atoms with van der Waals surface area (Å²) in [5, 5.41) is 21.0. The molecule has 1 rings (SSSR count). The lowest BCUT2D eigenvalue weighted by atomic mass is 9.90. The Bertz CT molecular complexity index is 338. The Morgan fingerprint density at radius 3 is 2.78 bits per heavy atom. The Hall–Kier alpha value is -1.12. The first-order valence-electron chi connectivity index (χ1n) is 6.46. The molecule has 5 nitrogen and oxygen atoms in total. The van der Waals surface area contributed by atoms with Crippen molar-refractivity contribution in [1.29, 1.82) is 5.26 Å². The molecule has 1 fully saturated rings.